The van der Waals surface area contributed by atoms with Crippen molar-refractivity contribution in [3.8, 4) is 22.8 Å². The number of carbonyl (C=O) groups excluding carboxylic acids is 1. The van der Waals surface area contributed by atoms with E-state index in [4.69, 9.17) is 13.9 Å². The quantitative estimate of drug-likeness (QED) is 0.537. The molecule has 0 aliphatic carbocycles. The molecule has 4 rings (SSSR count). The smallest absolute Gasteiger partial charge is 0.293 e. The second-order valence-corrected chi connectivity index (χ2v) is 6.57. The Labute approximate surface area is 159 Å². The van der Waals surface area contributed by atoms with Crippen LogP contribution in [0.3, 0.4) is 0 Å². The predicted octanol–water partition coefficient (Wildman–Crippen LogP) is 4.83. The molecule has 0 fully saturated rings. The molecule has 4 aromatic rings. The number of aromatic nitrogens is 1. The molecule has 2 aromatic carbocycles. The van der Waals surface area contributed by atoms with Crippen LogP contribution >= 0.6 is 11.3 Å². The number of nitrogens with one attached hydrogen (secondary N) is 1. The van der Waals surface area contributed by atoms with Crippen molar-refractivity contribution in [3.05, 3.63) is 59.7 Å². The summed E-state index contributed by atoms with van der Waals surface area (Å²) in [5, 5.41) is 6.02. The Hall–Kier alpha value is -3.32. The van der Waals surface area contributed by atoms with Gasteiger partial charge in [0.2, 0.25) is 0 Å². The van der Waals surface area contributed by atoms with E-state index in [9.17, 15) is 4.79 Å². The lowest BCUT2D eigenvalue weighted by molar-refractivity contribution is 0.0998. The molecule has 2 aromatic heterocycles. The van der Waals surface area contributed by atoms with Gasteiger partial charge in [-0.15, -0.1) is 11.3 Å². The highest BCUT2D eigenvalue weighted by atomic mass is 32.1. The Kier molecular flexibility index (Phi) is 4.52. The van der Waals surface area contributed by atoms with E-state index in [2.05, 4.69) is 10.3 Å². The Balaban J connectivity index is 1.55. The van der Waals surface area contributed by atoms with Gasteiger partial charge in [0, 0.05) is 16.3 Å². The van der Waals surface area contributed by atoms with E-state index in [-0.39, 0.29) is 11.7 Å². The van der Waals surface area contributed by atoms with Crippen LogP contribution in [-0.4, -0.2) is 25.1 Å². The second kappa shape index (κ2) is 7.13. The molecule has 1 amide bonds. The normalized spacial score (nSPS) is 10.7. The Morgan fingerprint density at radius 2 is 1.89 bits per heavy atom. The maximum Gasteiger partial charge on any atom is 0.293 e. The minimum absolute atomic E-state index is 0.249. The van der Waals surface area contributed by atoms with Crippen molar-refractivity contribution in [2.24, 2.45) is 0 Å². The van der Waals surface area contributed by atoms with Crippen LogP contribution in [0.5, 0.6) is 11.5 Å². The number of furan rings is 1. The van der Waals surface area contributed by atoms with Crippen LogP contribution in [0.25, 0.3) is 22.2 Å². The molecule has 0 aliphatic heterocycles. The van der Waals surface area contributed by atoms with Crippen molar-refractivity contribution < 1.29 is 18.7 Å². The van der Waals surface area contributed by atoms with Crippen LogP contribution in [0.4, 0.5) is 5.13 Å². The molecule has 0 spiro atoms. The van der Waals surface area contributed by atoms with E-state index in [1.54, 1.807) is 20.3 Å². The first-order valence-electron chi connectivity index (χ1n) is 8.16. The number of hydrogen-bond donors (Lipinski definition) is 1. The maximum atomic E-state index is 12.4. The van der Waals surface area contributed by atoms with Crippen LogP contribution in [0.2, 0.25) is 0 Å². The van der Waals surface area contributed by atoms with Crippen molar-refractivity contribution in [2.45, 2.75) is 0 Å². The average Bonchev–Trinajstić information content (AvgIpc) is 3.34. The first-order chi connectivity index (χ1) is 13.2. The zero-order chi connectivity index (χ0) is 18.8. The molecule has 136 valence electrons. The first kappa shape index (κ1) is 17.1. The predicted molar refractivity (Wildman–Crippen MR) is 105 cm³/mol. The zero-order valence-corrected chi connectivity index (χ0v) is 15.5. The Morgan fingerprint density at radius 1 is 1.07 bits per heavy atom. The zero-order valence-electron chi connectivity index (χ0n) is 14.7. The van der Waals surface area contributed by atoms with Crippen molar-refractivity contribution in [1.82, 2.24) is 4.98 Å². The molecule has 6 nitrogen and oxygen atoms in total. The topological polar surface area (TPSA) is 73.6 Å². The molecular formula is C20H16N2O4S. The highest BCUT2D eigenvalue weighted by Crippen LogP contribution is 2.33. The molecule has 1 N–H and O–H groups in total. The van der Waals surface area contributed by atoms with Crippen molar-refractivity contribution in [3.63, 3.8) is 0 Å². The highest BCUT2D eigenvalue weighted by Gasteiger charge is 2.15. The number of anilines is 1. The van der Waals surface area contributed by atoms with Crippen molar-refractivity contribution >= 4 is 33.3 Å². The SMILES string of the molecule is COc1ccc(-c2csc(NC(=O)c3cc4ccccc4o3)n2)cc1OC. The molecule has 7 heteroatoms. The van der Waals surface area contributed by atoms with Crippen molar-refractivity contribution in [1.29, 1.82) is 0 Å². The van der Waals surface area contributed by atoms with Gasteiger partial charge in [-0.2, -0.15) is 0 Å². The van der Waals surface area contributed by atoms with Crippen LogP contribution in [-0.2, 0) is 0 Å². The third kappa shape index (κ3) is 3.37. The largest absolute Gasteiger partial charge is 0.493 e. The van der Waals surface area contributed by atoms with Gasteiger partial charge in [0.05, 0.1) is 19.9 Å². The number of fused-ring (bicyclic) bond motifs is 1. The van der Waals surface area contributed by atoms with Crippen LogP contribution in [0.15, 0.2) is 58.3 Å². The molecule has 0 aliphatic rings. The molecule has 0 saturated heterocycles. The number of thiazole rings is 1. The van der Waals surface area contributed by atoms with Gasteiger partial charge in [0.25, 0.3) is 5.91 Å². The minimum atomic E-state index is -0.334. The van der Waals surface area contributed by atoms with E-state index >= 15 is 0 Å². The number of rotatable bonds is 5. The van der Waals surface area contributed by atoms with Gasteiger partial charge in [-0.05, 0) is 30.3 Å². The molecule has 0 saturated carbocycles. The van der Waals surface area contributed by atoms with Crippen LogP contribution < -0.4 is 14.8 Å². The lowest BCUT2D eigenvalue weighted by Gasteiger charge is -2.08. The molecule has 0 atom stereocenters. The summed E-state index contributed by atoms with van der Waals surface area (Å²) in [6.07, 6.45) is 0. The fourth-order valence-electron chi connectivity index (χ4n) is 2.71. The number of carbonyl (C=O) groups is 1. The fourth-order valence-corrected chi connectivity index (χ4v) is 3.43. The third-order valence-corrected chi connectivity index (χ3v) is 4.81. The standard InChI is InChI=1S/C20H16N2O4S/c1-24-16-8-7-12(9-17(16)25-2)14-11-27-20(21-14)22-19(23)18-10-13-5-3-4-6-15(13)26-18/h3-11H,1-2H3,(H,21,22,23). The summed E-state index contributed by atoms with van der Waals surface area (Å²) in [5.41, 5.74) is 2.28. The number of ether oxygens (including phenoxy) is 2. The molecule has 27 heavy (non-hydrogen) atoms. The number of benzene rings is 2. The van der Waals surface area contributed by atoms with Gasteiger partial charge in [-0.25, -0.2) is 4.98 Å². The molecule has 2 heterocycles. The van der Waals surface area contributed by atoms with Gasteiger partial charge < -0.3 is 13.9 Å². The Bertz CT molecular complexity index is 1080. The summed E-state index contributed by atoms with van der Waals surface area (Å²) in [7, 11) is 3.17. The number of para-hydroxylation sites is 1. The maximum absolute atomic E-state index is 12.4. The van der Waals surface area contributed by atoms with E-state index in [1.165, 1.54) is 11.3 Å². The third-order valence-electron chi connectivity index (χ3n) is 4.05. The van der Waals surface area contributed by atoms with E-state index in [0.717, 1.165) is 16.6 Å². The van der Waals surface area contributed by atoms with E-state index in [1.807, 2.05) is 47.8 Å². The monoisotopic (exact) mass is 380 g/mol. The van der Waals surface area contributed by atoms with Gasteiger partial charge in [-0.3, -0.25) is 10.1 Å². The van der Waals surface area contributed by atoms with Gasteiger partial charge >= 0.3 is 0 Å². The molecule has 0 bridgehead atoms. The summed E-state index contributed by atoms with van der Waals surface area (Å²) >= 11 is 1.34. The van der Waals surface area contributed by atoms with E-state index in [0.29, 0.717) is 22.2 Å². The first-order valence-corrected chi connectivity index (χ1v) is 9.04. The summed E-state index contributed by atoms with van der Waals surface area (Å²) in [5.74, 6) is 1.18. The van der Waals surface area contributed by atoms with Crippen LogP contribution in [0.1, 0.15) is 10.6 Å². The highest BCUT2D eigenvalue weighted by molar-refractivity contribution is 7.14. The van der Waals surface area contributed by atoms with Gasteiger partial charge in [0.1, 0.15) is 5.58 Å². The number of nitrogens with zero attached hydrogens (tertiary/aromatic N) is 1. The molecular weight excluding hydrogens is 364 g/mol. The van der Waals surface area contributed by atoms with Crippen molar-refractivity contribution in [2.75, 3.05) is 19.5 Å². The summed E-state index contributed by atoms with van der Waals surface area (Å²) in [6, 6.07) is 14.8. The lowest BCUT2D eigenvalue weighted by atomic mass is 10.1. The fraction of sp³-hybridized carbons (Fsp3) is 0.100. The number of hydrogen-bond acceptors (Lipinski definition) is 6. The van der Waals surface area contributed by atoms with E-state index < -0.39 is 0 Å². The lowest BCUT2D eigenvalue weighted by Crippen LogP contribution is -2.10. The van der Waals surface area contributed by atoms with Gasteiger partial charge in [-0.1, -0.05) is 18.2 Å². The average molecular weight is 380 g/mol. The molecule has 0 unspecified atom stereocenters. The number of amides is 1. The molecule has 0 radical (unpaired) electrons. The summed E-state index contributed by atoms with van der Waals surface area (Å²) < 4.78 is 16.2. The second-order valence-electron chi connectivity index (χ2n) is 5.71. The van der Waals surface area contributed by atoms with Gasteiger partial charge in [0.15, 0.2) is 22.4 Å². The minimum Gasteiger partial charge on any atom is -0.493 e. The summed E-state index contributed by atoms with van der Waals surface area (Å²) in [4.78, 5) is 16.9. The Morgan fingerprint density at radius 3 is 2.67 bits per heavy atom. The number of methoxy groups -OCH3 is 2. The summed E-state index contributed by atoms with van der Waals surface area (Å²) in [6.45, 7) is 0. The van der Waals surface area contributed by atoms with Crippen LogP contribution in [0, 0.1) is 0 Å².